The van der Waals surface area contributed by atoms with E-state index in [4.69, 9.17) is 17.3 Å². The van der Waals surface area contributed by atoms with Gasteiger partial charge >= 0.3 is 6.18 Å². The number of rotatable bonds is 0. The third-order valence-corrected chi connectivity index (χ3v) is 2.27. The Bertz CT molecular complexity index is 553. The van der Waals surface area contributed by atoms with Crippen molar-refractivity contribution in [2.75, 3.05) is 5.73 Å². The van der Waals surface area contributed by atoms with Gasteiger partial charge in [-0.2, -0.15) is 13.2 Å². The van der Waals surface area contributed by atoms with E-state index in [9.17, 15) is 13.2 Å². The molecule has 16 heavy (non-hydrogen) atoms. The summed E-state index contributed by atoms with van der Waals surface area (Å²) >= 11 is 5.74. The second kappa shape index (κ2) is 3.48. The molecule has 84 valence electrons. The highest BCUT2D eigenvalue weighted by molar-refractivity contribution is 6.35. The first kappa shape index (κ1) is 10.9. The number of nitrogens with two attached hydrogens (primary N) is 1. The highest BCUT2D eigenvalue weighted by atomic mass is 35.5. The zero-order valence-corrected chi connectivity index (χ0v) is 8.47. The van der Waals surface area contributed by atoms with Crippen molar-refractivity contribution in [2.24, 2.45) is 0 Å². The lowest BCUT2D eigenvalue weighted by Crippen LogP contribution is -2.11. The normalized spacial score (nSPS) is 12.0. The summed E-state index contributed by atoms with van der Waals surface area (Å²) in [6, 6.07) is 4.10. The number of para-hydroxylation sites is 1. The van der Waals surface area contributed by atoms with Gasteiger partial charge in [-0.15, -0.1) is 0 Å². The van der Waals surface area contributed by atoms with Crippen LogP contribution in [-0.2, 0) is 6.18 Å². The number of nitrogen functional groups attached to an aromatic ring is 1. The lowest BCUT2D eigenvalue weighted by atomic mass is 10.2. The molecule has 0 amide bonds. The molecular weight excluding hydrogens is 243 g/mol. The molecule has 0 unspecified atom stereocenters. The Morgan fingerprint density at radius 3 is 2.50 bits per heavy atom. The first-order valence-electron chi connectivity index (χ1n) is 4.18. The maximum atomic E-state index is 12.6. The van der Waals surface area contributed by atoms with E-state index in [2.05, 4.69) is 9.97 Å². The van der Waals surface area contributed by atoms with Gasteiger partial charge in [0.05, 0.1) is 10.5 Å². The van der Waals surface area contributed by atoms with Crippen LogP contribution in [-0.4, -0.2) is 9.97 Å². The average molecular weight is 248 g/mol. The van der Waals surface area contributed by atoms with Crippen LogP contribution in [0, 0.1) is 0 Å². The van der Waals surface area contributed by atoms with Gasteiger partial charge in [-0.25, -0.2) is 9.97 Å². The Labute approximate surface area is 93.1 Å². The molecule has 0 spiro atoms. The van der Waals surface area contributed by atoms with Crippen LogP contribution in [0.25, 0.3) is 10.9 Å². The zero-order valence-electron chi connectivity index (χ0n) is 7.72. The summed E-state index contributed by atoms with van der Waals surface area (Å²) in [5.74, 6) is -0.451. The van der Waals surface area contributed by atoms with Crippen LogP contribution >= 0.6 is 11.6 Å². The van der Waals surface area contributed by atoms with E-state index < -0.39 is 17.8 Å². The summed E-state index contributed by atoms with van der Waals surface area (Å²) in [6.45, 7) is 0. The molecule has 0 atom stereocenters. The van der Waals surface area contributed by atoms with Crippen LogP contribution in [0.1, 0.15) is 5.69 Å². The third-order valence-electron chi connectivity index (χ3n) is 1.96. The summed E-state index contributed by atoms with van der Waals surface area (Å²) < 4.78 is 37.9. The van der Waals surface area contributed by atoms with Crippen molar-refractivity contribution in [3.8, 4) is 0 Å². The molecule has 1 aromatic heterocycles. The molecule has 0 bridgehead atoms. The van der Waals surface area contributed by atoms with Crippen LogP contribution in [0.5, 0.6) is 0 Å². The van der Waals surface area contributed by atoms with Gasteiger partial charge in [0.15, 0.2) is 5.69 Å². The van der Waals surface area contributed by atoms with Crippen molar-refractivity contribution in [2.45, 2.75) is 6.18 Å². The summed E-state index contributed by atoms with van der Waals surface area (Å²) in [4.78, 5) is 6.88. The standard InChI is InChI=1S/C9H5ClF3N3/c10-5-3-1-2-4-6(5)15-8(14)16-7(4)9(11,12)13/h1-3H,(H2,14,15,16). The Morgan fingerprint density at radius 1 is 1.19 bits per heavy atom. The number of aromatic nitrogens is 2. The van der Waals surface area contributed by atoms with Gasteiger partial charge in [-0.1, -0.05) is 23.7 Å². The fourth-order valence-corrected chi connectivity index (χ4v) is 1.57. The molecule has 2 rings (SSSR count). The maximum Gasteiger partial charge on any atom is 0.434 e. The van der Waals surface area contributed by atoms with Crippen molar-refractivity contribution < 1.29 is 13.2 Å². The summed E-state index contributed by atoms with van der Waals surface area (Å²) in [7, 11) is 0. The number of hydrogen-bond donors (Lipinski definition) is 1. The molecule has 0 aliphatic rings. The molecule has 1 heterocycles. The molecule has 0 saturated heterocycles. The number of hydrogen-bond acceptors (Lipinski definition) is 3. The smallest absolute Gasteiger partial charge is 0.368 e. The minimum absolute atomic E-state index is 0.00370. The van der Waals surface area contributed by atoms with E-state index in [-0.39, 0.29) is 15.9 Å². The molecule has 2 aromatic rings. The molecule has 0 fully saturated rings. The van der Waals surface area contributed by atoms with Gasteiger partial charge in [0.25, 0.3) is 0 Å². The fraction of sp³-hybridized carbons (Fsp3) is 0.111. The third kappa shape index (κ3) is 1.76. The molecule has 0 saturated carbocycles. The molecule has 7 heteroatoms. The average Bonchev–Trinajstić information content (AvgIpc) is 2.17. The van der Waals surface area contributed by atoms with E-state index in [1.54, 1.807) is 0 Å². The predicted molar refractivity (Wildman–Crippen MR) is 54.0 cm³/mol. The van der Waals surface area contributed by atoms with Crippen LogP contribution in [0.3, 0.4) is 0 Å². The van der Waals surface area contributed by atoms with Crippen LogP contribution in [0.2, 0.25) is 5.02 Å². The summed E-state index contributed by atoms with van der Waals surface area (Å²) in [5.41, 5.74) is 4.14. The quantitative estimate of drug-likeness (QED) is 0.779. The Balaban J connectivity index is 2.89. The number of nitrogens with zero attached hydrogens (tertiary/aromatic N) is 2. The molecule has 1 aromatic carbocycles. The monoisotopic (exact) mass is 247 g/mol. The van der Waals surface area contributed by atoms with Gasteiger partial charge in [0.2, 0.25) is 5.95 Å². The van der Waals surface area contributed by atoms with E-state index in [1.807, 2.05) is 0 Å². The number of halogens is 4. The van der Waals surface area contributed by atoms with Gasteiger partial charge in [0, 0.05) is 5.39 Å². The first-order valence-corrected chi connectivity index (χ1v) is 4.56. The molecule has 0 radical (unpaired) electrons. The van der Waals surface area contributed by atoms with E-state index in [0.717, 1.165) is 0 Å². The fourth-order valence-electron chi connectivity index (χ4n) is 1.35. The second-order valence-electron chi connectivity index (χ2n) is 3.06. The molecule has 2 N–H and O–H groups in total. The van der Waals surface area contributed by atoms with Crippen LogP contribution in [0.4, 0.5) is 19.1 Å². The maximum absolute atomic E-state index is 12.6. The number of anilines is 1. The zero-order chi connectivity index (χ0) is 11.9. The highest BCUT2D eigenvalue weighted by Gasteiger charge is 2.35. The van der Waals surface area contributed by atoms with Gasteiger partial charge in [-0.05, 0) is 6.07 Å². The first-order chi connectivity index (χ1) is 7.39. The van der Waals surface area contributed by atoms with Crippen LogP contribution < -0.4 is 5.73 Å². The number of fused-ring (bicyclic) bond motifs is 1. The van der Waals surface area contributed by atoms with Crippen molar-refractivity contribution in [3.63, 3.8) is 0 Å². The van der Waals surface area contributed by atoms with Crippen molar-refractivity contribution in [1.82, 2.24) is 9.97 Å². The van der Waals surface area contributed by atoms with E-state index in [1.165, 1.54) is 18.2 Å². The largest absolute Gasteiger partial charge is 0.434 e. The van der Waals surface area contributed by atoms with Gasteiger partial charge in [0.1, 0.15) is 0 Å². The molecule has 3 nitrogen and oxygen atoms in total. The highest BCUT2D eigenvalue weighted by Crippen LogP contribution is 2.34. The summed E-state index contributed by atoms with van der Waals surface area (Å²) in [5, 5.41) is -0.0497. The summed E-state index contributed by atoms with van der Waals surface area (Å²) in [6.07, 6.45) is -4.58. The Kier molecular flexibility index (Phi) is 2.38. The van der Waals surface area contributed by atoms with E-state index >= 15 is 0 Å². The van der Waals surface area contributed by atoms with Gasteiger partial charge in [-0.3, -0.25) is 0 Å². The lowest BCUT2D eigenvalue weighted by Gasteiger charge is -2.10. The van der Waals surface area contributed by atoms with Gasteiger partial charge < -0.3 is 5.73 Å². The SMILES string of the molecule is Nc1nc(C(F)(F)F)c2cccc(Cl)c2n1. The predicted octanol–water partition coefficient (Wildman–Crippen LogP) is 2.88. The van der Waals surface area contributed by atoms with Crippen LogP contribution in [0.15, 0.2) is 18.2 Å². The molecular formula is C9H5ClF3N3. The van der Waals surface area contributed by atoms with Crippen molar-refractivity contribution in [3.05, 3.63) is 28.9 Å². The topological polar surface area (TPSA) is 51.8 Å². The lowest BCUT2D eigenvalue weighted by molar-refractivity contribution is -0.139. The number of alkyl halides is 3. The molecule has 0 aliphatic carbocycles. The molecule has 0 aliphatic heterocycles. The van der Waals surface area contributed by atoms with Crippen molar-refractivity contribution in [1.29, 1.82) is 0 Å². The van der Waals surface area contributed by atoms with E-state index in [0.29, 0.717) is 0 Å². The Morgan fingerprint density at radius 2 is 1.88 bits per heavy atom. The minimum Gasteiger partial charge on any atom is -0.368 e. The van der Waals surface area contributed by atoms with Crippen molar-refractivity contribution >= 4 is 28.5 Å². The number of benzene rings is 1. The minimum atomic E-state index is -4.58. The second-order valence-corrected chi connectivity index (χ2v) is 3.47. The Hall–Kier alpha value is -1.56.